The molecule has 0 unspecified atom stereocenters. The Kier molecular flexibility index (Phi) is 10.8. The van der Waals surface area contributed by atoms with Gasteiger partial charge in [0.25, 0.3) is 0 Å². The fourth-order valence-electron chi connectivity index (χ4n) is 6.48. The van der Waals surface area contributed by atoms with Gasteiger partial charge in [-0.3, -0.25) is 9.78 Å². The molecule has 0 saturated carbocycles. The third kappa shape index (κ3) is 6.59. The van der Waals surface area contributed by atoms with Crippen molar-refractivity contribution in [2.45, 2.75) is 63.2 Å². The minimum absolute atomic E-state index is 0. The van der Waals surface area contributed by atoms with E-state index >= 15 is 0 Å². The number of nitrogens with zero attached hydrogens (tertiary/aromatic N) is 1. The summed E-state index contributed by atoms with van der Waals surface area (Å²) in [6, 6.07) is 23.9. The average Bonchev–Trinajstić information content (AvgIpc) is 3.05. The number of allylic oxidation sites excluding steroid dienone is 2. The first kappa shape index (κ1) is 34.7. The molecule has 1 aliphatic rings. The number of hydrogen-bond acceptors (Lipinski definition) is 4. The van der Waals surface area contributed by atoms with E-state index in [0.29, 0.717) is 10.8 Å². The Balaban J connectivity index is 0.000000234. The maximum absolute atomic E-state index is 14.4. The summed E-state index contributed by atoms with van der Waals surface area (Å²) in [4.78, 5) is 18.6. The van der Waals surface area contributed by atoms with E-state index in [4.69, 9.17) is 4.98 Å². The molecule has 0 fully saturated rings. The van der Waals surface area contributed by atoms with Crippen LogP contribution in [0.4, 0.5) is 8.78 Å². The van der Waals surface area contributed by atoms with Crippen LogP contribution < -0.4 is 0 Å². The molecular weight excluding hydrogens is 789 g/mol. The maximum Gasteiger partial charge on any atom is 0.162 e. The van der Waals surface area contributed by atoms with Gasteiger partial charge in [0.2, 0.25) is 0 Å². The Morgan fingerprint density at radius 1 is 0.830 bits per heavy atom. The normalized spacial score (nSPS) is 12.4. The van der Waals surface area contributed by atoms with Crippen LogP contribution in [0.5, 0.6) is 0 Å². The molecule has 0 bridgehead atoms. The van der Waals surface area contributed by atoms with Crippen molar-refractivity contribution in [3.63, 3.8) is 0 Å². The Morgan fingerprint density at radius 2 is 1.51 bits per heavy atom. The number of ketones is 1. The summed E-state index contributed by atoms with van der Waals surface area (Å²) in [5, 5.41) is 16.9. The molecular formula is C40H36F2IrNO2S-. The van der Waals surface area contributed by atoms with E-state index < -0.39 is 11.6 Å². The van der Waals surface area contributed by atoms with Crippen molar-refractivity contribution in [1.82, 2.24) is 4.98 Å². The summed E-state index contributed by atoms with van der Waals surface area (Å²) in [6.07, 6.45) is 6.71. The molecule has 0 atom stereocenters. The van der Waals surface area contributed by atoms with E-state index in [9.17, 15) is 18.7 Å². The number of hydrogen-bond donors (Lipinski definition) is 1. The molecule has 243 valence electrons. The molecule has 6 aromatic rings. The van der Waals surface area contributed by atoms with Crippen LogP contribution in [0.25, 0.3) is 54.3 Å². The van der Waals surface area contributed by atoms with E-state index in [-0.39, 0.29) is 43.5 Å². The molecule has 1 N–H and O–H groups in total. The number of halogens is 2. The topological polar surface area (TPSA) is 50.2 Å². The van der Waals surface area contributed by atoms with Gasteiger partial charge in [-0.1, -0.05) is 69.0 Å². The molecule has 3 nitrogen and oxygen atoms in total. The molecule has 47 heavy (non-hydrogen) atoms. The van der Waals surface area contributed by atoms with Gasteiger partial charge in [-0.15, -0.1) is 35.3 Å². The minimum atomic E-state index is -0.569. The maximum atomic E-state index is 14.4. The zero-order valence-corrected chi connectivity index (χ0v) is 30.0. The second-order valence-electron chi connectivity index (χ2n) is 11.8. The first-order valence-electron chi connectivity index (χ1n) is 16.0. The molecule has 0 saturated heterocycles. The second-order valence-corrected chi connectivity index (χ2v) is 12.9. The van der Waals surface area contributed by atoms with E-state index in [1.165, 1.54) is 12.1 Å². The minimum Gasteiger partial charge on any atom is -0.512 e. The third-order valence-electron chi connectivity index (χ3n) is 9.15. The summed E-state index contributed by atoms with van der Waals surface area (Å²) in [5.41, 5.74) is 1.90. The molecule has 0 aliphatic carbocycles. The summed E-state index contributed by atoms with van der Waals surface area (Å²) in [5.74, 6) is -0.563. The zero-order valence-electron chi connectivity index (χ0n) is 26.8. The summed E-state index contributed by atoms with van der Waals surface area (Å²) >= 11 is 1.66. The standard InChI is InChI=1S/C27H12F2NS.C13H24O2.Ir/c28-16-11-20-18(23(29)12-16)6-5-17-19-7-8-30-27-22-9-14-3-1-2-4-15(14)10-24(22)31-25(26(19)27)13-21(17)20;1-5-10(6-2)12(14)9-13(15)11(7-3)8-4;/h1-8,10-13H;9-11,14H,5-8H2,1-4H3;/q-1;;/b;12-9-;. The number of carbonyl (C=O) groups excluding carboxylic acids is 1. The Labute approximate surface area is 291 Å². The van der Waals surface area contributed by atoms with Crippen LogP contribution >= 0.6 is 11.8 Å². The predicted octanol–water partition coefficient (Wildman–Crippen LogP) is 11.8. The summed E-state index contributed by atoms with van der Waals surface area (Å²) < 4.78 is 28.5. The van der Waals surface area contributed by atoms with E-state index in [0.717, 1.165) is 85.1 Å². The van der Waals surface area contributed by atoms with Gasteiger partial charge in [0.05, 0.1) is 5.76 Å². The van der Waals surface area contributed by atoms with Crippen LogP contribution in [0.1, 0.15) is 53.4 Å². The van der Waals surface area contributed by atoms with Crippen molar-refractivity contribution < 1.29 is 38.8 Å². The SMILES string of the molecule is CCC(CC)C(=O)/C=C(\O)C(CC)CC.Fc1cc(F)c2ccc3c4ccnc5c4c(cc3c2c1)Sc1cc2ccccc2[c-]c1-5.[Ir]. The van der Waals surface area contributed by atoms with Crippen LogP contribution in [0.3, 0.4) is 0 Å². The number of carbonyl (C=O) groups is 1. The van der Waals surface area contributed by atoms with Crippen molar-refractivity contribution >= 4 is 60.6 Å². The molecule has 7 rings (SSSR count). The number of aromatic nitrogens is 1. The van der Waals surface area contributed by atoms with Crippen molar-refractivity contribution in [3.8, 4) is 11.3 Å². The number of fused-ring (bicyclic) bond motifs is 7. The van der Waals surface area contributed by atoms with Crippen LogP contribution in [-0.2, 0) is 24.9 Å². The molecule has 0 spiro atoms. The van der Waals surface area contributed by atoms with Crippen LogP contribution in [-0.4, -0.2) is 15.9 Å². The number of rotatable bonds is 7. The molecule has 1 radical (unpaired) electrons. The van der Waals surface area contributed by atoms with Gasteiger partial charge in [0, 0.05) is 66.3 Å². The third-order valence-corrected chi connectivity index (χ3v) is 10.2. The monoisotopic (exact) mass is 825 g/mol. The van der Waals surface area contributed by atoms with Crippen LogP contribution in [0.2, 0.25) is 0 Å². The Morgan fingerprint density at radius 3 is 2.23 bits per heavy atom. The molecule has 7 heteroatoms. The van der Waals surface area contributed by atoms with Gasteiger partial charge in [-0.25, -0.2) is 8.78 Å². The van der Waals surface area contributed by atoms with Gasteiger partial charge >= 0.3 is 0 Å². The number of benzene rings is 5. The van der Waals surface area contributed by atoms with Gasteiger partial charge < -0.3 is 5.11 Å². The van der Waals surface area contributed by atoms with Gasteiger partial charge in [-0.2, -0.15) is 0 Å². The molecule has 1 aromatic heterocycles. The average molecular weight is 825 g/mol. The van der Waals surface area contributed by atoms with Crippen molar-refractivity contribution in [1.29, 1.82) is 0 Å². The smallest absolute Gasteiger partial charge is 0.162 e. The molecule has 2 heterocycles. The van der Waals surface area contributed by atoms with Gasteiger partial charge in [-0.05, 0) is 75.7 Å². The van der Waals surface area contributed by atoms with Crippen LogP contribution in [0.15, 0.2) is 94.6 Å². The van der Waals surface area contributed by atoms with E-state index in [1.54, 1.807) is 24.0 Å². The predicted molar refractivity (Wildman–Crippen MR) is 186 cm³/mol. The van der Waals surface area contributed by atoms with E-state index in [1.807, 2.05) is 58.0 Å². The van der Waals surface area contributed by atoms with E-state index in [2.05, 4.69) is 24.3 Å². The molecule has 0 amide bonds. The fraction of sp³-hybridized carbons (Fsp3) is 0.250. The Bertz CT molecular complexity index is 2150. The summed E-state index contributed by atoms with van der Waals surface area (Å²) in [7, 11) is 0. The van der Waals surface area contributed by atoms with Gasteiger partial charge in [0.1, 0.15) is 11.6 Å². The number of pyridine rings is 1. The largest absolute Gasteiger partial charge is 0.512 e. The molecule has 5 aromatic carbocycles. The van der Waals surface area contributed by atoms with Crippen molar-refractivity contribution in [2.75, 3.05) is 0 Å². The zero-order chi connectivity index (χ0) is 32.5. The number of aliphatic hydroxyl groups is 1. The fourth-order valence-corrected chi connectivity index (χ4v) is 7.64. The van der Waals surface area contributed by atoms with Crippen molar-refractivity contribution in [2.24, 2.45) is 11.8 Å². The summed E-state index contributed by atoms with van der Waals surface area (Å²) in [6.45, 7) is 8.07. The van der Waals surface area contributed by atoms with Gasteiger partial charge in [0.15, 0.2) is 5.78 Å². The Hall–Kier alpha value is -3.64. The first-order chi connectivity index (χ1) is 22.3. The van der Waals surface area contributed by atoms with Crippen LogP contribution in [0, 0.1) is 29.5 Å². The second kappa shape index (κ2) is 14.6. The number of aliphatic hydroxyl groups excluding tert-OH is 1. The first-order valence-corrected chi connectivity index (χ1v) is 16.8. The van der Waals surface area contributed by atoms with Crippen molar-refractivity contribution in [3.05, 3.63) is 102 Å². The quantitative estimate of drug-likeness (QED) is 0.0753. The molecule has 1 aliphatic heterocycles.